The topological polar surface area (TPSA) is 56.2 Å². The van der Waals surface area contributed by atoms with Crippen molar-refractivity contribution >= 4 is 11.6 Å². The summed E-state index contributed by atoms with van der Waals surface area (Å²) < 4.78 is 1.89. The Morgan fingerprint density at radius 1 is 1.21 bits per heavy atom. The first-order chi connectivity index (χ1) is 9.26. The average molecular weight is 252 g/mol. The number of anilines is 1. The minimum atomic E-state index is 0.490. The Kier molecular flexibility index (Phi) is 2.91. The van der Waals surface area contributed by atoms with Gasteiger partial charge in [0, 0.05) is 18.0 Å². The quantitative estimate of drug-likeness (QED) is 0.779. The molecule has 0 saturated heterocycles. The molecule has 0 amide bonds. The first-order valence-corrected chi connectivity index (χ1v) is 6.47. The van der Waals surface area contributed by atoms with E-state index in [0.29, 0.717) is 11.6 Å². The van der Waals surface area contributed by atoms with Gasteiger partial charge >= 0.3 is 0 Å². The van der Waals surface area contributed by atoms with E-state index in [9.17, 15) is 0 Å². The number of fused-ring (bicyclic) bond motifs is 1. The number of hydrogen-bond donors (Lipinski definition) is 1. The summed E-state index contributed by atoms with van der Waals surface area (Å²) in [6, 6.07) is 10.3. The van der Waals surface area contributed by atoms with E-state index in [1.807, 2.05) is 16.8 Å². The van der Waals surface area contributed by atoms with Crippen LogP contribution in [0, 0.1) is 0 Å². The summed E-state index contributed by atoms with van der Waals surface area (Å²) in [4.78, 5) is 8.73. The molecule has 0 aliphatic carbocycles. The molecule has 0 spiro atoms. The molecule has 0 unspecified atom stereocenters. The van der Waals surface area contributed by atoms with Crippen LogP contribution in [0.4, 0.5) is 5.82 Å². The maximum absolute atomic E-state index is 5.67. The lowest BCUT2D eigenvalue weighted by molar-refractivity contribution is 0.922. The number of nitrogens with two attached hydrogens (primary N) is 1. The molecule has 0 aliphatic rings. The van der Waals surface area contributed by atoms with Gasteiger partial charge in [-0.15, -0.1) is 0 Å². The van der Waals surface area contributed by atoms with Gasteiger partial charge in [0.25, 0.3) is 0 Å². The molecule has 4 nitrogen and oxygen atoms in total. The van der Waals surface area contributed by atoms with Crippen LogP contribution >= 0.6 is 0 Å². The second-order valence-electron chi connectivity index (χ2n) is 4.64. The van der Waals surface area contributed by atoms with Gasteiger partial charge in [-0.05, 0) is 24.1 Å². The van der Waals surface area contributed by atoms with E-state index in [2.05, 4.69) is 41.2 Å². The molecular formula is C15H16N4. The Bertz CT molecular complexity index is 715. The molecule has 0 atom stereocenters. The molecule has 0 radical (unpaired) electrons. The summed E-state index contributed by atoms with van der Waals surface area (Å²) >= 11 is 0. The van der Waals surface area contributed by atoms with E-state index in [4.69, 9.17) is 5.73 Å². The molecule has 2 aromatic heterocycles. The number of nitrogens with zero attached hydrogens (tertiary/aromatic N) is 3. The molecular weight excluding hydrogens is 236 g/mol. The van der Waals surface area contributed by atoms with E-state index in [1.165, 1.54) is 5.56 Å². The summed E-state index contributed by atoms with van der Waals surface area (Å²) in [5.41, 5.74) is 9.06. The summed E-state index contributed by atoms with van der Waals surface area (Å²) in [6.07, 6.45) is 6.09. The molecule has 0 saturated carbocycles. The maximum atomic E-state index is 5.67. The zero-order valence-electron chi connectivity index (χ0n) is 10.9. The molecule has 3 aromatic rings. The zero-order chi connectivity index (χ0) is 13.2. The fraction of sp³-hybridized carbons (Fsp3) is 0.200. The van der Waals surface area contributed by atoms with Gasteiger partial charge in [0.1, 0.15) is 5.82 Å². The molecule has 0 fully saturated rings. The minimum absolute atomic E-state index is 0.490. The number of benzene rings is 1. The third kappa shape index (κ3) is 2.29. The Labute approximate surface area is 111 Å². The molecule has 2 heterocycles. The zero-order valence-corrected chi connectivity index (χ0v) is 10.9. The van der Waals surface area contributed by atoms with Crippen molar-refractivity contribution in [2.24, 2.45) is 0 Å². The fourth-order valence-corrected chi connectivity index (χ4v) is 2.20. The average Bonchev–Trinajstić information content (AvgIpc) is 2.82. The number of hydrogen-bond acceptors (Lipinski definition) is 3. The van der Waals surface area contributed by atoms with Crippen LogP contribution in [0.25, 0.3) is 17.0 Å². The van der Waals surface area contributed by atoms with Gasteiger partial charge in [-0.25, -0.2) is 4.98 Å². The van der Waals surface area contributed by atoms with Crippen LogP contribution in [0.15, 0.2) is 42.7 Å². The Hall–Kier alpha value is -2.36. The van der Waals surface area contributed by atoms with Crippen molar-refractivity contribution < 1.29 is 0 Å². The van der Waals surface area contributed by atoms with E-state index >= 15 is 0 Å². The smallest absolute Gasteiger partial charge is 0.236 e. The lowest BCUT2D eigenvalue weighted by Crippen LogP contribution is -1.93. The van der Waals surface area contributed by atoms with Crippen molar-refractivity contribution in [1.29, 1.82) is 0 Å². The predicted molar refractivity (Wildman–Crippen MR) is 76.8 cm³/mol. The number of rotatable bonds is 3. The van der Waals surface area contributed by atoms with Crippen LogP contribution in [0.1, 0.15) is 18.9 Å². The van der Waals surface area contributed by atoms with Gasteiger partial charge in [-0.2, -0.15) is 4.98 Å². The van der Waals surface area contributed by atoms with E-state index in [-0.39, 0.29) is 0 Å². The van der Waals surface area contributed by atoms with E-state index in [1.54, 1.807) is 6.07 Å². The van der Waals surface area contributed by atoms with Crippen molar-refractivity contribution in [3.8, 4) is 11.3 Å². The van der Waals surface area contributed by atoms with Crippen LogP contribution in [0.2, 0.25) is 0 Å². The van der Waals surface area contributed by atoms with Crippen LogP contribution in [0.5, 0.6) is 0 Å². The predicted octanol–water partition coefficient (Wildman–Crippen LogP) is 2.93. The second kappa shape index (κ2) is 4.72. The fourth-order valence-electron chi connectivity index (χ4n) is 2.20. The van der Waals surface area contributed by atoms with E-state index in [0.717, 1.165) is 24.1 Å². The van der Waals surface area contributed by atoms with Crippen molar-refractivity contribution in [2.75, 3.05) is 5.73 Å². The highest BCUT2D eigenvalue weighted by Crippen LogP contribution is 2.20. The SMILES string of the molecule is CCCc1cccc(-c2cn3ccc(N)nc3n2)c1. The monoisotopic (exact) mass is 252 g/mol. The summed E-state index contributed by atoms with van der Waals surface area (Å²) in [5.74, 6) is 1.13. The molecule has 0 aliphatic heterocycles. The van der Waals surface area contributed by atoms with Crippen molar-refractivity contribution in [3.05, 3.63) is 48.3 Å². The minimum Gasteiger partial charge on any atom is -0.384 e. The van der Waals surface area contributed by atoms with Gasteiger partial charge in [0.2, 0.25) is 5.78 Å². The molecule has 3 rings (SSSR count). The van der Waals surface area contributed by atoms with Gasteiger partial charge in [-0.3, -0.25) is 4.40 Å². The van der Waals surface area contributed by atoms with Gasteiger partial charge in [-0.1, -0.05) is 31.5 Å². The van der Waals surface area contributed by atoms with Crippen LogP contribution < -0.4 is 5.73 Å². The molecule has 2 N–H and O–H groups in total. The number of aryl methyl sites for hydroxylation is 1. The highest BCUT2D eigenvalue weighted by Gasteiger charge is 2.06. The number of imidazole rings is 1. The molecule has 0 bridgehead atoms. The highest BCUT2D eigenvalue weighted by molar-refractivity contribution is 5.62. The lowest BCUT2D eigenvalue weighted by atomic mass is 10.1. The normalized spacial score (nSPS) is 11.0. The number of aromatic nitrogens is 3. The largest absolute Gasteiger partial charge is 0.384 e. The molecule has 1 aromatic carbocycles. The Balaban J connectivity index is 2.05. The van der Waals surface area contributed by atoms with Crippen LogP contribution in [-0.4, -0.2) is 14.4 Å². The summed E-state index contributed by atoms with van der Waals surface area (Å²) in [7, 11) is 0. The molecule has 19 heavy (non-hydrogen) atoms. The van der Waals surface area contributed by atoms with Gasteiger partial charge in [0.05, 0.1) is 5.69 Å². The lowest BCUT2D eigenvalue weighted by Gasteiger charge is -2.01. The first-order valence-electron chi connectivity index (χ1n) is 6.47. The summed E-state index contributed by atoms with van der Waals surface area (Å²) in [5, 5.41) is 0. The highest BCUT2D eigenvalue weighted by atomic mass is 15.1. The van der Waals surface area contributed by atoms with Crippen LogP contribution in [-0.2, 0) is 6.42 Å². The van der Waals surface area contributed by atoms with Gasteiger partial charge in [0.15, 0.2) is 0 Å². The summed E-state index contributed by atoms with van der Waals surface area (Å²) in [6.45, 7) is 2.18. The van der Waals surface area contributed by atoms with E-state index < -0.39 is 0 Å². The van der Waals surface area contributed by atoms with Crippen molar-refractivity contribution in [3.63, 3.8) is 0 Å². The van der Waals surface area contributed by atoms with Crippen LogP contribution in [0.3, 0.4) is 0 Å². The Morgan fingerprint density at radius 3 is 2.95 bits per heavy atom. The number of nitrogen functional groups attached to an aromatic ring is 1. The van der Waals surface area contributed by atoms with Gasteiger partial charge < -0.3 is 5.73 Å². The second-order valence-corrected chi connectivity index (χ2v) is 4.64. The Morgan fingerprint density at radius 2 is 2.11 bits per heavy atom. The molecule has 4 heteroatoms. The van der Waals surface area contributed by atoms with Crippen molar-refractivity contribution in [2.45, 2.75) is 19.8 Å². The maximum Gasteiger partial charge on any atom is 0.236 e. The van der Waals surface area contributed by atoms with Crippen molar-refractivity contribution in [1.82, 2.24) is 14.4 Å². The molecule has 96 valence electrons. The third-order valence-corrected chi connectivity index (χ3v) is 3.11. The third-order valence-electron chi connectivity index (χ3n) is 3.11. The standard InChI is InChI=1S/C15H16N4/c1-2-4-11-5-3-6-12(9-11)13-10-19-8-7-14(16)18-15(19)17-13/h3,5-10H,2,4H2,1H3,(H2,16,17,18). The first kappa shape index (κ1) is 11.7.